The molecule has 0 bridgehead atoms. The summed E-state index contributed by atoms with van der Waals surface area (Å²) in [7, 11) is 0. The molecule has 4 rings (SSSR count). The van der Waals surface area contributed by atoms with E-state index >= 15 is 0 Å². The van der Waals surface area contributed by atoms with Gasteiger partial charge in [0.05, 0.1) is 16.7 Å². The van der Waals surface area contributed by atoms with Crippen molar-refractivity contribution in [1.82, 2.24) is 9.55 Å². The van der Waals surface area contributed by atoms with Crippen LogP contribution in [0, 0.1) is 0 Å². The molecular weight excluding hydrogens is 262 g/mol. The molecule has 0 unspecified atom stereocenters. The Morgan fingerprint density at radius 2 is 2.00 bits per heavy atom. The van der Waals surface area contributed by atoms with Crippen LogP contribution >= 0.6 is 11.6 Å². The van der Waals surface area contributed by atoms with E-state index in [1.54, 1.807) is 6.07 Å². The third-order valence-corrected chi connectivity index (χ3v) is 3.56. The average molecular weight is 270 g/mol. The highest BCUT2D eigenvalue weighted by Crippen LogP contribution is 2.33. The number of hydrogen-bond donors (Lipinski definition) is 1. The van der Waals surface area contributed by atoms with Gasteiger partial charge in [-0.25, -0.2) is 4.98 Å². The second kappa shape index (κ2) is 3.59. The minimum absolute atomic E-state index is 0.489. The number of rotatable bonds is 0. The van der Waals surface area contributed by atoms with Crippen LogP contribution in [0.4, 0.5) is 0 Å². The predicted octanol–water partition coefficient (Wildman–Crippen LogP) is 3.22. The van der Waals surface area contributed by atoms with Crippen molar-refractivity contribution in [3.63, 3.8) is 0 Å². The van der Waals surface area contributed by atoms with Gasteiger partial charge in [-0.2, -0.15) is 0 Å². The molecule has 1 N–H and O–H groups in total. The largest absolute Gasteiger partial charge is 0.410 e. The molecule has 5 heteroatoms. The van der Waals surface area contributed by atoms with Gasteiger partial charge in [-0.1, -0.05) is 35.0 Å². The Bertz CT molecular complexity index is 851. The molecule has 1 aromatic heterocycles. The lowest BCUT2D eigenvalue weighted by Crippen LogP contribution is -1.99. The lowest BCUT2D eigenvalue weighted by molar-refractivity contribution is 0.319. The summed E-state index contributed by atoms with van der Waals surface area (Å²) in [5.74, 6) is 0.640. The van der Waals surface area contributed by atoms with Crippen LogP contribution in [-0.4, -0.2) is 20.5 Å². The van der Waals surface area contributed by atoms with Crippen molar-refractivity contribution in [3.05, 3.63) is 58.9 Å². The Morgan fingerprint density at radius 1 is 1.16 bits per heavy atom. The fraction of sp³-hybridized carbons (Fsp3) is 0. The molecule has 2 heterocycles. The maximum absolute atomic E-state index is 9.25. The van der Waals surface area contributed by atoms with Gasteiger partial charge in [-0.3, -0.25) is 4.57 Å². The van der Waals surface area contributed by atoms with Crippen molar-refractivity contribution in [2.24, 2.45) is 5.16 Å². The lowest BCUT2D eigenvalue weighted by atomic mass is 10.1. The molecule has 0 amide bonds. The van der Waals surface area contributed by atoms with E-state index < -0.39 is 0 Å². The van der Waals surface area contributed by atoms with E-state index in [1.165, 1.54) is 0 Å². The number of nitrogens with zero attached hydrogens (tertiary/aromatic N) is 3. The smallest absolute Gasteiger partial charge is 0.168 e. The van der Waals surface area contributed by atoms with Crippen LogP contribution in [0.15, 0.2) is 47.6 Å². The van der Waals surface area contributed by atoms with Crippen LogP contribution in [0.1, 0.15) is 11.4 Å². The van der Waals surface area contributed by atoms with Crippen molar-refractivity contribution in [3.8, 4) is 5.69 Å². The van der Waals surface area contributed by atoms with Gasteiger partial charge in [0.2, 0.25) is 0 Å². The van der Waals surface area contributed by atoms with Crippen LogP contribution in [0.5, 0.6) is 0 Å². The van der Waals surface area contributed by atoms with Crippen molar-refractivity contribution in [2.45, 2.75) is 0 Å². The molecule has 0 saturated carbocycles. The van der Waals surface area contributed by atoms with Crippen LogP contribution in [0.2, 0.25) is 5.02 Å². The Kier molecular flexibility index (Phi) is 2.00. The van der Waals surface area contributed by atoms with Crippen molar-refractivity contribution < 1.29 is 5.21 Å². The fourth-order valence-electron chi connectivity index (χ4n) is 2.54. The van der Waals surface area contributed by atoms with Gasteiger partial charge in [0, 0.05) is 10.6 Å². The summed E-state index contributed by atoms with van der Waals surface area (Å²) >= 11 is 5.98. The van der Waals surface area contributed by atoms with E-state index in [4.69, 9.17) is 11.6 Å². The van der Waals surface area contributed by atoms with Crippen LogP contribution in [0.3, 0.4) is 0 Å². The summed E-state index contributed by atoms with van der Waals surface area (Å²) in [5, 5.41) is 13.3. The minimum atomic E-state index is 0.489. The Labute approximate surface area is 113 Å². The van der Waals surface area contributed by atoms with E-state index in [0.29, 0.717) is 16.6 Å². The molecule has 3 aromatic rings. The zero-order valence-corrected chi connectivity index (χ0v) is 10.5. The second-order valence-electron chi connectivity index (χ2n) is 4.37. The molecule has 0 spiro atoms. The topological polar surface area (TPSA) is 50.4 Å². The highest BCUT2D eigenvalue weighted by atomic mass is 35.5. The number of aromatic nitrogens is 2. The predicted molar refractivity (Wildman–Crippen MR) is 73.5 cm³/mol. The Balaban J connectivity index is 2.18. The molecule has 0 fully saturated rings. The summed E-state index contributed by atoms with van der Waals surface area (Å²) < 4.78 is 1.98. The molecular formula is C14H8ClN3O. The van der Waals surface area contributed by atoms with Crippen molar-refractivity contribution >= 4 is 28.3 Å². The van der Waals surface area contributed by atoms with Gasteiger partial charge < -0.3 is 5.21 Å². The molecule has 1 aliphatic rings. The number of benzene rings is 2. The SMILES string of the molecule is O/N=C1/c2ccccc2-n2c1nc1cc(Cl)ccc12. The summed E-state index contributed by atoms with van der Waals surface area (Å²) in [5.41, 5.74) is 4.08. The average Bonchev–Trinajstić information content (AvgIpc) is 2.91. The van der Waals surface area contributed by atoms with Crippen LogP contribution < -0.4 is 0 Å². The summed E-state index contributed by atoms with van der Waals surface area (Å²) in [4.78, 5) is 4.51. The van der Waals surface area contributed by atoms with E-state index in [1.807, 2.05) is 41.0 Å². The first kappa shape index (κ1) is 10.6. The van der Waals surface area contributed by atoms with Gasteiger partial charge >= 0.3 is 0 Å². The number of imidazole rings is 1. The molecule has 92 valence electrons. The number of halogens is 1. The lowest BCUT2D eigenvalue weighted by Gasteiger charge is -2.02. The van der Waals surface area contributed by atoms with E-state index in [9.17, 15) is 5.21 Å². The van der Waals surface area contributed by atoms with Gasteiger partial charge in [-0.15, -0.1) is 0 Å². The number of fused-ring (bicyclic) bond motifs is 5. The highest BCUT2D eigenvalue weighted by molar-refractivity contribution is 6.31. The second-order valence-corrected chi connectivity index (χ2v) is 4.81. The number of hydrogen-bond acceptors (Lipinski definition) is 3. The highest BCUT2D eigenvalue weighted by Gasteiger charge is 2.28. The normalized spacial score (nSPS) is 14.9. The van der Waals surface area contributed by atoms with Gasteiger partial charge in [0.25, 0.3) is 0 Å². The third-order valence-electron chi connectivity index (χ3n) is 3.33. The minimum Gasteiger partial charge on any atom is -0.410 e. The Morgan fingerprint density at radius 3 is 2.84 bits per heavy atom. The molecule has 0 radical (unpaired) electrons. The van der Waals surface area contributed by atoms with Crippen molar-refractivity contribution in [2.75, 3.05) is 0 Å². The molecule has 1 aliphatic heterocycles. The molecule has 0 atom stereocenters. The number of oxime groups is 1. The maximum atomic E-state index is 9.25. The van der Waals surface area contributed by atoms with Gasteiger partial charge in [-0.05, 0) is 24.3 Å². The molecule has 19 heavy (non-hydrogen) atoms. The molecule has 4 nitrogen and oxygen atoms in total. The van der Waals surface area contributed by atoms with Gasteiger partial charge in [0.1, 0.15) is 0 Å². The van der Waals surface area contributed by atoms with E-state index in [2.05, 4.69) is 10.1 Å². The summed E-state index contributed by atoms with van der Waals surface area (Å²) in [6.45, 7) is 0. The Hall–Kier alpha value is -2.33. The number of para-hydroxylation sites is 1. The molecule has 0 aliphatic carbocycles. The first-order valence-corrected chi connectivity index (χ1v) is 6.17. The zero-order valence-electron chi connectivity index (χ0n) is 9.71. The quantitative estimate of drug-likeness (QED) is 0.394. The van der Waals surface area contributed by atoms with E-state index in [0.717, 1.165) is 22.3 Å². The molecule has 0 saturated heterocycles. The fourth-order valence-corrected chi connectivity index (χ4v) is 2.71. The van der Waals surface area contributed by atoms with Crippen molar-refractivity contribution in [1.29, 1.82) is 0 Å². The summed E-state index contributed by atoms with van der Waals surface area (Å²) in [6, 6.07) is 13.3. The first-order valence-electron chi connectivity index (χ1n) is 5.80. The standard InChI is InChI=1S/C14H8ClN3O/c15-8-5-6-12-10(7-8)16-14-13(17-19)9-3-1-2-4-11(9)18(12)14/h1-7,19H/b17-13-. The van der Waals surface area contributed by atoms with Crippen LogP contribution in [-0.2, 0) is 0 Å². The van der Waals surface area contributed by atoms with Crippen LogP contribution in [0.25, 0.3) is 16.7 Å². The zero-order chi connectivity index (χ0) is 13.0. The first-order chi connectivity index (χ1) is 9.29. The maximum Gasteiger partial charge on any atom is 0.168 e. The monoisotopic (exact) mass is 269 g/mol. The van der Waals surface area contributed by atoms with Gasteiger partial charge in [0.15, 0.2) is 11.5 Å². The summed E-state index contributed by atoms with van der Waals surface area (Å²) in [6.07, 6.45) is 0. The van der Waals surface area contributed by atoms with E-state index in [-0.39, 0.29) is 0 Å². The molecule has 2 aromatic carbocycles. The third kappa shape index (κ3) is 1.29.